The van der Waals surface area contributed by atoms with Crippen LogP contribution in [0.15, 0.2) is 59.2 Å². The van der Waals surface area contributed by atoms with E-state index < -0.39 is 0 Å². The highest BCUT2D eigenvalue weighted by atomic mass is 79.9. The van der Waals surface area contributed by atoms with Gasteiger partial charge >= 0.3 is 6.09 Å². The number of ether oxygens (including phenoxy) is 1. The van der Waals surface area contributed by atoms with Gasteiger partial charge in [-0.25, -0.2) is 4.79 Å². The zero-order valence-electron chi connectivity index (χ0n) is 13.7. The van der Waals surface area contributed by atoms with E-state index in [1.54, 1.807) is 4.90 Å². The van der Waals surface area contributed by atoms with Crippen molar-refractivity contribution in [3.63, 3.8) is 0 Å². The molecule has 1 aromatic heterocycles. The number of hydrogen-bond donors (Lipinski definition) is 1. The third-order valence-corrected chi connectivity index (χ3v) is 5.05. The molecule has 3 aromatic rings. The zero-order chi connectivity index (χ0) is 17.4. The van der Waals surface area contributed by atoms with Gasteiger partial charge in [0.25, 0.3) is 0 Å². The van der Waals surface area contributed by atoms with Crippen LogP contribution in [-0.4, -0.2) is 17.7 Å². The molecule has 1 amide bonds. The van der Waals surface area contributed by atoms with Gasteiger partial charge < -0.3 is 9.72 Å². The summed E-state index contributed by atoms with van der Waals surface area (Å²) < 4.78 is 6.28. The third-order valence-electron chi connectivity index (χ3n) is 4.39. The number of rotatable bonds is 2. The minimum absolute atomic E-state index is 0.273. The maximum atomic E-state index is 12.8. The van der Waals surface area contributed by atoms with Gasteiger partial charge in [-0.3, -0.25) is 4.90 Å². The molecule has 126 valence electrons. The number of nitrogens with one attached hydrogen (secondary N) is 1. The molecule has 2 aromatic carbocycles. The number of aromatic amines is 1. The Labute approximate surface area is 154 Å². The van der Waals surface area contributed by atoms with Crippen molar-refractivity contribution in [3.8, 4) is 0 Å². The molecule has 4 nitrogen and oxygen atoms in total. The Balaban J connectivity index is 1.91. The van der Waals surface area contributed by atoms with E-state index in [1.807, 2.05) is 55.6 Å². The number of carbonyl (C=O) groups is 1. The second kappa shape index (κ2) is 6.41. The Morgan fingerprint density at radius 2 is 1.96 bits per heavy atom. The number of fused-ring (bicyclic) bond motifs is 2. The number of para-hydroxylation sites is 2. The lowest BCUT2D eigenvalue weighted by molar-refractivity contribution is 0.158. The normalized spacial score (nSPS) is 16.5. The predicted molar refractivity (Wildman–Crippen MR) is 104 cm³/mol. The molecule has 0 radical (unpaired) electrons. The standard InChI is InChI=1S/C20H17BrN2O2/c1-2-25-20(24)23-18-10-6-3-7-13(18)11-16(21)19(23)15-12-22-17-9-5-4-8-14(15)17/h3-12,19,22H,2H2,1H3. The van der Waals surface area contributed by atoms with E-state index in [1.165, 1.54) is 0 Å². The van der Waals surface area contributed by atoms with Crippen molar-refractivity contribution < 1.29 is 9.53 Å². The molecule has 0 spiro atoms. The van der Waals surface area contributed by atoms with Crippen LogP contribution in [0.25, 0.3) is 17.0 Å². The highest BCUT2D eigenvalue weighted by Crippen LogP contribution is 2.45. The summed E-state index contributed by atoms with van der Waals surface area (Å²) in [5, 5.41) is 1.09. The number of halogens is 1. The lowest BCUT2D eigenvalue weighted by Crippen LogP contribution is -2.37. The van der Waals surface area contributed by atoms with E-state index in [0.717, 1.165) is 32.2 Å². The van der Waals surface area contributed by atoms with Crippen LogP contribution in [0.3, 0.4) is 0 Å². The topological polar surface area (TPSA) is 45.3 Å². The molecule has 5 heteroatoms. The molecule has 0 saturated carbocycles. The Hall–Kier alpha value is -2.53. The van der Waals surface area contributed by atoms with Gasteiger partial charge in [0.15, 0.2) is 0 Å². The lowest BCUT2D eigenvalue weighted by Gasteiger charge is -2.35. The summed E-state index contributed by atoms with van der Waals surface area (Å²) in [5.41, 5.74) is 3.90. The first-order chi connectivity index (χ1) is 12.2. The van der Waals surface area contributed by atoms with E-state index in [4.69, 9.17) is 4.74 Å². The number of anilines is 1. The summed E-state index contributed by atoms with van der Waals surface area (Å²) in [7, 11) is 0. The smallest absolute Gasteiger partial charge is 0.415 e. The van der Waals surface area contributed by atoms with Crippen LogP contribution in [0.4, 0.5) is 10.5 Å². The summed E-state index contributed by atoms with van der Waals surface area (Å²) in [6.45, 7) is 2.15. The minimum Gasteiger partial charge on any atom is -0.449 e. The van der Waals surface area contributed by atoms with Crippen LogP contribution in [0, 0.1) is 0 Å². The fourth-order valence-corrected chi connectivity index (χ4v) is 4.02. The largest absolute Gasteiger partial charge is 0.449 e. The summed E-state index contributed by atoms with van der Waals surface area (Å²) in [6, 6.07) is 15.7. The van der Waals surface area contributed by atoms with Crippen molar-refractivity contribution in [2.45, 2.75) is 13.0 Å². The Bertz CT molecular complexity index is 976. The molecule has 1 unspecified atom stereocenters. The van der Waals surface area contributed by atoms with Crippen molar-refractivity contribution in [2.75, 3.05) is 11.5 Å². The first-order valence-electron chi connectivity index (χ1n) is 8.19. The van der Waals surface area contributed by atoms with Crippen molar-refractivity contribution in [2.24, 2.45) is 0 Å². The number of carbonyl (C=O) groups excluding carboxylic acids is 1. The monoisotopic (exact) mass is 396 g/mol. The molecule has 0 bridgehead atoms. The van der Waals surface area contributed by atoms with E-state index in [2.05, 4.69) is 33.1 Å². The summed E-state index contributed by atoms with van der Waals surface area (Å²) >= 11 is 3.69. The van der Waals surface area contributed by atoms with E-state index >= 15 is 0 Å². The first-order valence-corrected chi connectivity index (χ1v) is 8.98. The van der Waals surface area contributed by atoms with Crippen molar-refractivity contribution >= 4 is 44.7 Å². The predicted octanol–water partition coefficient (Wildman–Crippen LogP) is 5.62. The van der Waals surface area contributed by atoms with Gasteiger partial charge in [-0.1, -0.05) is 52.3 Å². The second-order valence-corrected chi connectivity index (χ2v) is 6.76. The number of amides is 1. The molecule has 1 atom stereocenters. The molecule has 2 heterocycles. The number of nitrogens with zero attached hydrogens (tertiary/aromatic N) is 1. The fourth-order valence-electron chi connectivity index (χ4n) is 3.32. The molecular formula is C20H17BrN2O2. The molecule has 25 heavy (non-hydrogen) atoms. The summed E-state index contributed by atoms with van der Waals surface area (Å²) in [5.74, 6) is 0. The van der Waals surface area contributed by atoms with Gasteiger partial charge in [0.2, 0.25) is 0 Å². The SMILES string of the molecule is CCOC(=O)N1c2ccccc2C=C(Br)C1c1c[nH]c2ccccc12. The van der Waals surface area contributed by atoms with Gasteiger partial charge in [0.1, 0.15) is 0 Å². The van der Waals surface area contributed by atoms with Gasteiger partial charge in [0.05, 0.1) is 18.3 Å². The highest BCUT2D eigenvalue weighted by Gasteiger charge is 2.35. The van der Waals surface area contributed by atoms with Crippen LogP contribution in [-0.2, 0) is 4.74 Å². The molecule has 1 N–H and O–H groups in total. The van der Waals surface area contributed by atoms with Crippen molar-refractivity contribution in [1.82, 2.24) is 4.98 Å². The van der Waals surface area contributed by atoms with Gasteiger partial charge in [-0.05, 0) is 30.7 Å². The summed E-state index contributed by atoms with van der Waals surface area (Å²) in [6.07, 6.45) is 3.68. The Morgan fingerprint density at radius 1 is 1.20 bits per heavy atom. The maximum Gasteiger partial charge on any atom is 0.415 e. The van der Waals surface area contributed by atoms with Crippen LogP contribution in [0.5, 0.6) is 0 Å². The van der Waals surface area contributed by atoms with Gasteiger partial charge in [-0.15, -0.1) is 0 Å². The number of hydrogen-bond acceptors (Lipinski definition) is 2. The number of H-pyrrole nitrogens is 1. The molecule has 0 saturated heterocycles. The Kier molecular flexibility index (Phi) is 4.09. The zero-order valence-corrected chi connectivity index (χ0v) is 15.3. The second-order valence-electron chi connectivity index (χ2n) is 5.85. The molecule has 4 rings (SSSR count). The maximum absolute atomic E-state index is 12.8. The number of aromatic nitrogens is 1. The molecule has 0 aliphatic carbocycles. The number of benzene rings is 2. The molecule has 1 aliphatic rings. The minimum atomic E-state index is -0.352. The highest BCUT2D eigenvalue weighted by molar-refractivity contribution is 9.11. The van der Waals surface area contributed by atoms with Crippen molar-refractivity contribution in [3.05, 3.63) is 70.3 Å². The third kappa shape index (κ3) is 2.65. The average molecular weight is 397 g/mol. The van der Waals surface area contributed by atoms with Crippen LogP contribution in [0.1, 0.15) is 24.1 Å². The molecule has 0 fully saturated rings. The molecular weight excluding hydrogens is 380 g/mol. The van der Waals surface area contributed by atoms with Crippen LogP contribution < -0.4 is 4.90 Å². The van der Waals surface area contributed by atoms with Gasteiger partial charge in [-0.2, -0.15) is 0 Å². The van der Waals surface area contributed by atoms with E-state index in [0.29, 0.717) is 6.61 Å². The first kappa shape index (κ1) is 16.0. The van der Waals surface area contributed by atoms with Gasteiger partial charge in [0, 0.05) is 27.1 Å². The summed E-state index contributed by atoms with van der Waals surface area (Å²) in [4.78, 5) is 17.8. The average Bonchev–Trinajstić information content (AvgIpc) is 3.04. The van der Waals surface area contributed by atoms with Crippen molar-refractivity contribution in [1.29, 1.82) is 0 Å². The van der Waals surface area contributed by atoms with E-state index in [9.17, 15) is 4.79 Å². The van der Waals surface area contributed by atoms with E-state index in [-0.39, 0.29) is 12.1 Å². The van der Waals surface area contributed by atoms with Crippen LogP contribution >= 0.6 is 15.9 Å². The quantitative estimate of drug-likeness (QED) is 0.610. The lowest BCUT2D eigenvalue weighted by atomic mass is 9.97. The molecule has 1 aliphatic heterocycles. The fraction of sp³-hybridized carbons (Fsp3) is 0.150. The Morgan fingerprint density at radius 3 is 2.80 bits per heavy atom. The van der Waals surface area contributed by atoms with Crippen LogP contribution in [0.2, 0.25) is 0 Å².